The van der Waals surface area contributed by atoms with Crippen LogP contribution in [0.3, 0.4) is 0 Å². The summed E-state index contributed by atoms with van der Waals surface area (Å²) in [7, 11) is -3.75. The largest absolute Gasteiger partial charge is 0.264 e. The van der Waals surface area contributed by atoms with Crippen molar-refractivity contribution in [3.8, 4) is 0 Å². The van der Waals surface area contributed by atoms with Crippen LogP contribution in [-0.4, -0.2) is 18.4 Å². The van der Waals surface area contributed by atoms with E-state index in [1.54, 1.807) is 19.1 Å². The van der Waals surface area contributed by atoms with Gasteiger partial charge in [0.2, 0.25) is 0 Å². The molecular weight excluding hydrogens is 286 g/mol. The molecule has 1 heterocycles. The molecule has 0 fully saturated rings. The van der Waals surface area contributed by atoms with E-state index in [2.05, 4.69) is 14.7 Å². The average molecular weight is 298 g/mol. The Kier molecular flexibility index (Phi) is 3.73. The number of nitrogens with one attached hydrogen (secondary N) is 1. The molecule has 0 radical (unpaired) electrons. The van der Waals surface area contributed by atoms with E-state index in [0.29, 0.717) is 5.82 Å². The first-order valence-corrected chi connectivity index (χ1v) is 7.33. The number of hydrogen-bond donors (Lipinski definition) is 1. The number of halogens is 1. The number of hydrogen-bond acceptors (Lipinski definition) is 4. The smallest absolute Gasteiger partial charge is 0.263 e. The monoisotopic (exact) mass is 297 g/mol. The highest BCUT2D eigenvalue weighted by Gasteiger charge is 2.18. The fraction of sp³-hybridized carbons (Fsp3) is 0.167. The molecule has 0 aliphatic carbocycles. The Morgan fingerprint density at radius 3 is 2.58 bits per heavy atom. The van der Waals surface area contributed by atoms with Crippen molar-refractivity contribution in [1.82, 2.24) is 9.97 Å². The van der Waals surface area contributed by atoms with Crippen molar-refractivity contribution in [2.45, 2.75) is 18.7 Å². The summed E-state index contributed by atoms with van der Waals surface area (Å²) in [5, 5.41) is 0.179. The lowest BCUT2D eigenvalue weighted by molar-refractivity contribution is 0.601. The van der Waals surface area contributed by atoms with Gasteiger partial charge in [-0.2, -0.15) is 0 Å². The lowest BCUT2D eigenvalue weighted by Crippen LogP contribution is -2.14. The van der Waals surface area contributed by atoms with Gasteiger partial charge in [-0.05, 0) is 37.6 Å². The molecule has 0 amide bonds. The summed E-state index contributed by atoms with van der Waals surface area (Å²) in [5.41, 5.74) is 0.891. The second-order valence-electron chi connectivity index (χ2n) is 4.03. The number of aryl methyl sites for hydroxylation is 2. The molecule has 1 aromatic carbocycles. The van der Waals surface area contributed by atoms with E-state index in [-0.39, 0.29) is 15.7 Å². The molecule has 0 aliphatic heterocycles. The quantitative estimate of drug-likeness (QED) is 0.945. The van der Waals surface area contributed by atoms with E-state index >= 15 is 0 Å². The molecule has 100 valence electrons. The third kappa shape index (κ3) is 3.21. The van der Waals surface area contributed by atoms with E-state index < -0.39 is 10.0 Å². The van der Waals surface area contributed by atoms with Crippen molar-refractivity contribution >= 4 is 27.4 Å². The summed E-state index contributed by atoms with van der Waals surface area (Å²) in [5.74, 6) is 0.694. The molecule has 19 heavy (non-hydrogen) atoms. The maximum atomic E-state index is 12.2. The fourth-order valence-corrected chi connectivity index (χ4v) is 3.13. The number of anilines is 1. The van der Waals surface area contributed by atoms with Crippen LogP contribution < -0.4 is 4.72 Å². The van der Waals surface area contributed by atoms with Gasteiger partial charge >= 0.3 is 0 Å². The molecule has 0 spiro atoms. The minimum Gasteiger partial charge on any atom is -0.263 e. The Balaban J connectivity index is 2.38. The number of rotatable bonds is 3. The molecule has 0 saturated carbocycles. The van der Waals surface area contributed by atoms with Gasteiger partial charge in [0, 0.05) is 6.20 Å². The third-order valence-corrected chi connectivity index (χ3v) is 4.23. The lowest BCUT2D eigenvalue weighted by atomic mass is 10.2. The molecule has 0 aliphatic rings. The van der Waals surface area contributed by atoms with Crippen LogP contribution in [-0.2, 0) is 10.0 Å². The maximum absolute atomic E-state index is 12.2. The van der Waals surface area contributed by atoms with Gasteiger partial charge in [-0.3, -0.25) is 4.72 Å². The summed E-state index contributed by atoms with van der Waals surface area (Å²) >= 11 is 5.96. The Labute approximate surface area is 116 Å². The maximum Gasteiger partial charge on any atom is 0.264 e. The molecule has 1 N–H and O–H groups in total. The zero-order chi connectivity index (χ0) is 14.0. The van der Waals surface area contributed by atoms with E-state index in [4.69, 9.17) is 11.6 Å². The predicted molar refractivity (Wildman–Crippen MR) is 73.8 cm³/mol. The van der Waals surface area contributed by atoms with Crippen molar-refractivity contribution in [1.29, 1.82) is 0 Å². The normalized spacial score (nSPS) is 11.3. The fourth-order valence-electron chi connectivity index (χ4n) is 1.53. The molecule has 5 nitrogen and oxygen atoms in total. The number of sulfonamides is 1. The molecule has 0 unspecified atom stereocenters. The Bertz CT molecular complexity index is 717. The van der Waals surface area contributed by atoms with Crippen LogP contribution in [0.4, 0.5) is 5.82 Å². The van der Waals surface area contributed by atoms with Crippen LogP contribution in [0.15, 0.2) is 35.4 Å². The molecule has 2 rings (SSSR count). The summed E-state index contributed by atoms with van der Waals surface area (Å²) in [6, 6.07) is 6.23. The van der Waals surface area contributed by atoms with E-state index in [1.807, 2.05) is 6.92 Å². The molecule has 7 heteroatoms. The van der Waals surface area contributed by atoms with E-state index in [1.165, 1.54) is 18.3 Å². The summed E-state index contributed by atoms with van der Waals surface area (Å²) in [4.78, 5) is 7.91. The average Bonchev–Trinajstić information content (AvgIpc) is 2.27. The minimum absolute atomic E-state index is 0.0241. The van der Waals surface area contributed by atoms with Crippen molar-refractivity contribution in [2.24, 2.45) is 0 Å². The SMILES string of the molecule is Cc1ccc(S(=O)(=O)Nc2ccnc(C)n2)c(Cl)c1. The molecular formula is C12H12ClN3O2S. The van der Waals surface area contributed by atoms with Gasteiger partial charge in [0.25, 0.3) is 10.0 Å². The van der Waals surface area contributed by atoms with Gasteiger partial charge in [-0.15, -0.1) is 0 Å². The minimum atomic E-state index is -3.75. The highest BCUT2D eigenvalue weighted by Crippen LogP contribution is 2.24. The van der Waals surface area contributed by atoms with Crippen LogP contribution in [0.25, 0.3) is 0 Å². The van der Waals surface area contributed by atoms with Gasteiger partial charge < -0.3 is 0 Å². The van der Waals surface area contributed by atoms with Gasteiger partial charge in [0.05, 0.1) is 5.02 Å². The molecule has 0 atom stereocenters. The third-order valence-electron chi connectivity index (χ3n) is 2.39. The van der Waals surface area contributed by atoms with Gasteiger partial charge in [-0.25, -0.2) is 18.4 Å². The van der Waals surface area contributed by atoms with Crippen molar-refractivity contribution in [3.05, 3.63) is 46.9 Å². The number of benzene rings is 1. The van der Waals surface area contributed by atoms with Gasteiger partial charge in [-0.1, -0.05) is 17.7 Å². The van der Waals surface area contributed by atoms with Crippen LogP contribution in [0.1, 0.15) is 11.4 Å². The molecule has 2 aromatic rings. The first-order valence-electron chi connectivity index (χ1n) is 5.47. The molecule has 1 aromatic heterocycles. The van der Waals surface area contributed by atoms with Crippen LogP contribution in [0, 0.1) is 13.8 Å². The van der Waals surface area contributed by atoms with Crippen LogP contribution >= 0.6 is 11.6 Å². The first-order chi connectivity index (χ1) is 8.88. The number of aromatic nitrogens is 2. The summed E-state index contributed by atoms with van der Waals surface area (Å²) < 4.78 is 26.8. The van der Waals surface area contributed by atoms with Crippen LogP contribution in [0.2, 0.25) is 5.02 Å². The Hall–Kier alpha value is -1.66. The predicted octanol–water partition coefficient (Wildman–Crippen LogP) is 2.55. The second kappa shape index (κ2) is 5.14. The van der Waals surface area contributed by atoms with Gasteiger partial charge in [0.1, 0.15) is 16.5 Å². The highest BCUT2D eigenvalue weighted by molar-refractivity contribution is 7.92. The summed E-state index contributed by atoms with van der Waals surface area (Å²) in [6.45, 7) is 3.51. The number of nitrogens with zero attached hydrogens (tertiary/aromatic N) is 2. The summed E-state index contributed by atoms with van der Waals surface area (Å²) in [6.07, 6.45) is 1.48. The zero-order valence-corrected chi connectivity index (χ0v) is 12.0. The standard InChI is InChI=1S/C12H12ClN3O2S/c1-8-3-4-11(10(13)7-8)19(17,18)16-12-5-6-14-9(2)15-12/h3-7H,1-2H3,(H,14,15,16). The molecule has 0 bridgehead atoms. The van der Waals surface area contributed by atoms with Crippen molar-refractivity contribution < 1.29 is 8.42 Å². The lowest BCUT2D eigenvalue weighted by Gasteiger charge is -2.09. The van der Waals surface area contributed by atoms with E-state index in [9.17, 15) is 8.42 Å². The molecule has 0 saturated heterocycles. The van der Waals surface area contributed by atoms with Crippen molar-refractivity contribution in [2.75, 3.05) is 4.72 Å². The second-order valence-corrected chi connectivity index (χ2v) is 6.09. The topological polar surface area (TPSA) is 72.0 Å². The van der Waals surface area contributed by atoms with Crippen molar-refractivity contribution in [3.63, 3.8) is 0 Å². The highest BCUT2D eigenvalue weighted by atomic mass is 35.5. The van der Waals surface area contributed by atoms with E-state index in [0.717, 1.165) is 5.56 Å². The Morgan fingerprint density at radius 2 is 1.95 bits per heavy atom. The van der Waals surface area contributed by atoms with Gasteiger partial charge in [0.15, 0.2) is 0 Å². The first kappa shape index (κ1) is 13.8. The Morgan fingerprint density at radius 1 is 1.21 bits per heavy atom. The van der Waals surface area contributed by atoms with Crippen LogP contribution in [0.5, 0.6) is 0 Å². The zero-order valence-electron chi connectivity index (χ0n) is 10.4.